The number of aromatic nitrogens is 6. The third kappa shape index (κ3) is 5.80. The molecule has 0 radical (unpaired) electrons. The number of nitrogens with zero attached hydrogens (tertiary/aromatic N) is 8. The monoisotopic (exact) mass is 564 g/mol. The Morgan fingerprint density at radius 3 is 2.71 bits per heavy atom. The summed E-state index contributed by atoms with van der Waals surface area (Å²) in [4.78, 5) is 26.9. The summed E-state index contributed by atoms with van der Waals surface area (Å²) in [6.45, 7) is 3.50. The van der Waals surface area contributed by atoms with Crippen molar-refractivity contribution in [2.75, 3.05) is 31.2 Å². The van der Waals surface area contributed by atoms with Gasteiger partial charge in [0, 0.05) is 37.6 Å². The summed E-state index contributed by atoms with van der Waals surface area (Å²) in [7, 11) is 0. The number of hydrogen-bond acceptors (Lipinski definition) is 10. The molecule has 4 aromatic heterocycles. The molecule has 0 amide bonds. The van der Waals surface area contributed by atoms with Gasteiger partial charge in [-0.15, -0.1) is 4.68 Å². The van der Waals surface area contributed by atoms with E-state index in [1.807, 2.05) is 18.6 Å². The highest BCUT2D eigenvalue weighted by Gasteiger charge is 2.27. The molecule has 1 saturated heterocycles. The molecule has 0 atom stereocenters. The van der Waals surface area contributed by atoms with Gasteiger partial charge < -0.3 is 33.8 Å². The molecule has 4 aromatic rings. The van der Waals surface area contributed by atoms with Crippen LogP contribution in [0.5, 0.6) is 11.6 Å². The number of morpholine rings is 1. The van der Waals surface area contributed by atoms with Crippen molar-refractivity contribution >= 4 is 22.5 Å². The number of hydrogen-bond donors (Lipinski definition) is 0. The van der Waals surface area contributed by atoms with Gasteiger partial charge in [-0.2, -0.15) is 4.98 Å². The van der Waals surface area contributed by atoms with Crippen LogP contribution in [0.3, 0.4) is 0 Å². The Morgan fingerprint density at radius 1 is 1.20 bits per heavy atom. The van der Waals surface area contributed by atoms with Crippen LogP contribution in [-0.4, -0.2) is 66.6 Å². The molecule has 216 valence electrons. The van der Waals surface area contributed by atoms with Gasteiger partial charge in [-0.3, -0.25) is 4.98 Å². The Hall–Kier alpha value is -4.26. The van der Waals surface area contributed by atoms with E-state index in [2.05, 4.69) is 24.5 Å². The molecule has 5 heterocycles. The Bertz CT molecular complexity index is 1580. The summed E-state index contributed by atoms with van der Waals surface area (Å²) in [5.41, 5.74) is 0.336. The molecule has 2 fully saturated rings. The van der Waals surface area contributed by atoms with Crippen LogP contribution in [0.15, 0.2) is 43.2 Å². The van der Waals surface area contributed by atoms with Gasteiger partial charge in [0.25, 0.3) is 0 Å². The minimum Gasteiger partial charge on any atom is -0.487 e. The predicted octanol–water partition coefficient (Wildman–Crippen LogP) is 4.49. The van der Waals surface area contributed by atoms with Crippen molar-refractivity contribution in [3.05, 3.63) is 58.9 Å². The lowest BCUT2D eigenvalue weighted by Gasteiger charge is -2.31. The second kappa shape index (κ2) is 11.7. The lowest BCUT2D eigenvalue weighted by Crippen LogP contribution is -2.36. The highest BCUT2D eigenvalue weighted by molar-refractivity contribution is 5.87. The van der Waals surface area contributed by atoms with E-state index >= 15 is 0 Å². The zero-order chi connectivity index (χ0) is 30.1. The molecule has 13 nitrogen and oxygen atoms in total. The number of anilines is 1. The molecule has 0 aromatic carbocycles. The van der Waals surface area contributed by atoms with Crippen molar-refractivity contribution in [3.63, 3.8) is 0 Å². The van der Waals surface area contributed by atoms with Crippen molar-refractivity contribution in [2.24, 2.45) is 0 Å². The Morgan fingerprint density at radius 2 is 2.00 bits per heavy atom. The summed E-state index contributed by atoms with van der Waals surface area (Å²) >= 11 is 0. The lowest BCUT2D eigenvalue weighted by atomic mass is 9.93. The summed E-state index contributed by atoms with van der Waals surface area (Å²) in [5.74, 6) is 0.743. The zero-order valence-electron chi connectivity index (χ0n) is 25.0. The molecular weight excluding hydrogens is 528 g/mol. The van der Waals surface area contributed by atoms with Crippen LogP contribution in [0.4, 0.5) is 11.6 Å². The molecule has 1 saturated carbocycles. The van der Waals surface area contributed by atoms with Crippen LogP contribution in [0, 0.1) is 10.1 Å². The highest BCUT2D eigenvalue weighted by atomic mass is 16.6. The first-order valence-electron chi connectivity index (χ1n) is 14.9. The summed E-state index contributed by atoms with van der Waals surface area (Å²) in [6, 6.07) is 3.54. The minimum atomic E-state index is -2.56. The smallest absolute Gasteiger partial charge is 0.351 e. The van der Waals surface area contributed by atoms with Crippen LogP contribution >= 0.6 is 0 Å². The van der Waals surface area contributed by atoms with Gasteiger partial charge in [0.2, 0.25) is 5.88 Å². The molecule has 0 bridgehead atoms. The van der Waals surface area contributed by atoms with Gasteiger partial charge in [-0.05, 0) is 50.5 Å². The number of ether oxygens (including phenoxy) is 3. The van der Waals surface area contributed by atoms with E-state index in [-0.39, 0.29) is 23.5 Å². The lowest BCUT2D eigenvalue weighted by molar-refractivity contribution is -0.394. The topological polar surface area (TPSA) is 135 Å². The molecule has 13 heteroatoms. The summed E-state index contributed by atoms with van der Waals surface area (Å²) in [6.07, 6.45) is 11.7. The molecule has 0 spiro atoms. The number of nitro groups is 1. The van der Waals surface area contributed by atoms with Crippen molar-refractivity contribution in [3.8, 4) is 11.6 Å². The van der Waals surface area contributed by atoms with Crippen LogP contribution in [-0.2, 0) is 11.3 Å². The van der Waals surface area contributed by atoms with Crippen LogP contribution in [0.2, 0.25) is 0 Å². The Kier molecular flexibility index (Phi) is 6.99. The Balaban J connectivity index is 1.30. The van der Waals surface area contributed by atoms with Crippen molar-refractivity contribution in [1.29, 1.82) is 0 Å². The first-order chi connectivity index (χ1) is 20.7. The standard InChI is InChI=1S/C28H34N8O5/c1-19(2)35-28(36(37)38)20(15-31-35)17-40-23-13-24-25(30-16-23)14-26(33-9-11-39-12-10-33)32-27(24)41-22-5-3-21(4-6-22)34-8-7-29-18-34/h7-8,13-16,18-19,21-22H,3-6,9-12,17H2,1-2H3/i17D2. The number of pyridine rings is 2. The molecule has 41 heavy (non-hydrogen) atoms. The van der Waals surface area contributed by atoms with Crippen LogP contribution in [0.1, 0.15) is 59.9 Å². The van der Waals surface area contributed by atoms with Gasteiger partial charge in [0.15, 0.2) is 0 Å². The van der Waals surface area contributed by atoms with Crippen molar-refractivity contribution in [2.45, 2.75) is 64.3 Å². The minimum absolute atomic E-state index is 0.0593. The summed E-state index contributed by atoms with van der Waals surface area (Å²) in [5, 5.41) is 16.4. The maximum absolute atomic E-state index is 11.8. The first-order valence-corrected chi connectivity index (χ1v) is 13.9. The van der Waals surface area contributed by atoms with Crippen molar-refractivity contribution < 1.29 is 21.9 Å². The van der Waals surface area contributed by atoms with E-state index in [0.29, 0.717) is 49.1 Å². The quantitative estimate of drug-likeness (QED) is 0.211. The second-order valence-corrected chi connectivity index (χ2v) is 10.6. The molecule has 2 aliphatic rings. The van der Waals surface area contributed by atoms with E-state index in [4.69, 9.17) is 21.9 Å². The van der Waals surface area contributed by atoms with Gasteiger partial charge >= 0.3 is 5.82 Å². The molecule has 1 aliphatic carbocycles. The van der Waals surface area contributed by atoms with Gasteiger partial charge in [0.1, 0.15) is 35.8 Å². The normalized spacial score (nSPS) is 20.6. The fraction of sp³-hybridized carbons (Fsp3) is 0.500. The first kappa shape index (κ1) is 24.5. The number of rotatable bonds is 9. The predicted molar refractivity (Wildman–Crippen MR) is 150 cm³/mol. The summed E-state index contributed by atoms with van der Waals surface area (Å²) < 4.78 is 38.3. The SMILES string of the molecule is [2H]C([2H])(Oc1cnc2cc(N3CCOCC3)nc(OC3CCC(n4ccnc4)CC3)c2c1)c1cnn(C(C)C)c1[N+](=O)[O-]. The third-order valence-electron chi connectivity index (χ3n) is 7.52. The van der Waals surface area contributed by atoms with Crippen molar-refractivity contribution in [1.82, 2.24) is 29.3 Å². The number of fused-ring (bicyclic) bond motifs is 1. The van der Waals surface area contributed by atoms with E-state index < -0.39 is 17.3 Å². The highest BCUT2D eigenvalue weighted by Crippen LogP contribution is 2.35. The van der Waals surface area contributed by atoms with E-state index in [1.54, 1.807) is 26.1 Å². The molecule has 6 rings (SSSR count). The largest absolute Gasteiger partial charge is 0.487 e. The van der Waals surface area contributed by atoms with Crippen LogP contribution in [0.25, 0.3) is 10.9 Å². The van der Waals surface area contributed by atoms with Gasteiger partial charge in [0.05, 0.1) is 45.6 Å². The molecule has 0 N–H and O–H groups in total. The Labute approximate surface area is 240 Å². The fourth-order valence-electron chi connectivity index (χ4n) is 5.37. The van der Waals surface area contributed by atoms with E-state index in [9.17, 15) is 10.1 Å². The van der Waals surface area contributed by atoms with Gasteiger partial charge in [-0.1, -0.05) is 5.10 Å². The third-order valence-corrected chi connectivity index (χ3v) is 7.52. The average molecular weight is 565 g/mol. The zero-order valence-corrected chi connectivity index (χ0v) is 23.0. The van der Waals surface area contributed by atoms with E-state index in [1.165, 1.54) is 10.9 Å². The maximum Gasteiger partial charge on any atom is 0.351 e. The van der Waals surface area contributed by atoms with E-state index in [0.717, 1.165) is 37.7 Å². The van der Waals surface area contributed by atoms with Gasteiger partial charge in [-0.25, -0.2) is 4.98 Å². The molecule has 1 aliphatic heterocycles. The molecule has 0 unspecified atom stereocenters. The van der Waals surface area contributed by atoms with Crippen LogP contribution < -0.4 is 14.4 Å². The maximum atomic E-state index is 11.8. The number of imidazole rings is 1. The second-order valence-electron chi connectivity index (χ2n) is 10.6. The fourth-order valence-corrected chi connectivity index (χ4v) is 5.37. The molecular formula is C28H34N8O5. The average Bonchev–Trinajstić information content (AvgIpc) is 3.70.